The van der Waals surface area contributed by atoms with Crippen LogP contribution in [0.15, 0.2) is 28.2 Å². The van der Waals surface area contributed by atoms with Gasteiger partial charge in [0.15, 0.2) is 11.0 Å². The highest BCUT2D eigenvalue weighted by atomic mass is 35.5. The van der Waals surface area contributed by atoms with E-state index in [9.17, 15) is 4.79 Å². The van der Waals surface area contributed by atoms with Crippen LogP contribution in [-0.2, 0) is 18.8 Å². The lowest BCUT2D eigenvalue weighted by atomic mass is 10.2. The molecule has 0 aliphatic rings. The molecule has 2 heterocycles. The van der Waals surface area contributed by atoms with Gasteiger partial charge in [-0.25, -0.2) is 9.67 Å². The van der Waals surface area contributed by atoms with E-state index in [0.717, 1.165) is 25.2 Å². The molecule has 0 spiro atoms. The number of thioether (sulfide) groups is 1. The zero-order valence-electron chi connectivity index (χ0n) is 15.7. The van der Waals surface area contributed by atoms with Gasteiger partial charge >= 0.3 is 0 Å². The number of hydrogen-bond acceptors (Lipinski definition) is 6. The van der Waals surface area contributed by atoms with Crippen LogP contribution in [0.3, 0.4) is 0 Å². The standard InChI is InChI=1S/C18H23ClN6OS/c1-4-5-8-25-16(21-22-23-25)11-27-18-20-15-9-13(19)6-7-14(15)17(26)24(18)10-12(2)3/h6-7,9,12H,4-5,8,10-11H2,1-3H3. The van der Waals surface area contributed by atoms with Gasteiger partial charge in [-0.05, 0) is 41.0 Å². The summed E-state index contributed by atoms with van der Waals surface area (Å²) in [6.07, 6.45) is 2.10. The fraction of sp³-hybridized carbons (Fsp3) is 0.500. The van der Waals surface area contributed by atoms with Gasteiger partial charge in [-0.15, -0.1) is 5.10 Å². The van der Waals surface area contributed by atoms with Crippen molar-refractivity contribution in [2.45, 2.75) is 57.6 Å². The van der Waals surface area contributed by atoms with Gasteiger partial charge in [0.25, 0.3) is 5.56 Å². The molecule has 0 radical (unpaired) electrons. The zero-order valence-corrected chi connectivity index (χ0v) is 17.3. The largest absolute Gasteiger partial charge is 0.287 e. The van der Waals surface area contributed by atoms with Crippen molar-refractivity contribution < 1.29 is 0 Å². The van der Waals surface area contributed by atoms with E-state index in [1.165, 1.54) is 11.8 Å². The predicted molar refractivity (Wildman–Crippen MR) is 108 cm³/mol. The summed E-state index contributed by atoms with van der Waals surface area (Å²) in [7, 11) is 0. The van der Waals surface area contributed by atoms with Crippen LogP contribution in [0.4, 0.5) is 0 Å². The molecule has 144 valence electrons. The van der Waals surface area contributed by atoms with E-state index in [0.29, 0.717) is 39.3 Å². The second-order valence-electron chi connectivity index (χ2n) is 6.83. The topological polar surface area (TPSA) is 78.5 Å². The predicted octanol–water partition coefficient (Wildman–Crippen LogP) is 3.78. The molecule has 3 rings (SSSR count). The fourth-order valence-electron chi connectivity index (χ4n) is 2.75. The van der Waals surface area contributed by atoms with E-state index >= 15 is 0 Å². The minimum atomic E-state index is -0.0431. The quantitative estimate of drug-likeness (QED) is 0.418. The summed E-state index contributed by atoms with van der Waals surface area (Å²) in [4.78, 5) is 17.7. The summed E-state index contributed by atoms with van der Waals surface area (Å²) in [5, 5.41) is 13.8. The molecule has 7 nitrogen and oxygen atoms in total. The number of fused-ring (bicyclic) bond motifs is 1. The summed E-state index contributed by atoms with van der Waals surface area (Å²) >= 11 is 7.56. The Labute approximate surface area is 167 Å². The summed E-state index contributed by atoms with van der Waals surface area (Å²) in [5.41, 5.74) is 0.569. The fourth-order valence-corrected chi connectivity index (χ4v) is 3.85. The maximum atomic E-state index is 13.0. The first kappa shape index (κ1) is 19.8. The Hall–Kier alpha value is -1.93. The van der Waals surface area contributed by atoms with Crippen molar-refractivity contribution >= 4 is 34.3 Å². The van der Waals surface area contributed by atoms with Gasteiger partial charge in [-0.2, -0.15) is 0 Å². The molecule has 0 amide bonds. The third-order valence-corrected chi connectivity index (χ3v) is 5.30. The molecule has 0 unspecified atom stereocenters. The second kappa shape index (κ2) is 8.84. The van der Waals surface area contributed by atoms with Crippen molar-refractivity contribution in [2.75, 3.05) is 0 Å². The molecule has 0 fully saturated rings. The average Bonchev–Trinajstić information content (AvgIpc) is 3.07. The normalized spacial score (nSPS) is 11.6. The Bertz CT molecular complexity index is 984. The van der Waals surface area contributed by atoms with Crippen LogP contribution >= 0.6 is 23.4 Å². The van der Waals surface area contributed by atoms with E-state index in [4.69, 9.17) is 16.6 Å². The van der Waals surface area contributed by atoms with E-state index in [1.54, 1.807) is 22.8 Å². The minimum absolute atomic E-state index is 0.0431. The monoisotopic (exact) mass is 406 g/mol. The first-order chi connectivity index (χ1) is 13.0. The summed E-state index contributed by atoms with van der Waals surface area (Å²) in [6, 6.07) is 5.19. The molecule has 2 aromatic heterocycles. The number of halogens is 1. The molecule has 1 aromatic carbocycles. The van der Waals surface area contributed by atoms with E-state index in [2.05, 4.69) is 36.3 Å². The van der Waals surface area contributed by atoms with Crippen LogP contribution in [0, 0.1) is 5.92 Å². The zero-order chi connectivity index (χ0) is 19.4. The van der Waals surface area contributed by atoms with Crippen molar-refractivity contribution in [1.82, 2.24) is 29.8 Å². The first-order valence-electron chi connectivity index (χ1n) is 9.07. The Morgan fingerprint density at radius 2 is 2.11 bits per heavy atom. The van der Waals surface area contributed by atoms with Crippen LogP contribution in [0.2, 0.25) is 5.02 Å². The number of benzene rings is 1. The highest BCUT2D eigenvalue weighted by molar-refractivity contribution is 7.98. The summed E-state index contributed by atoms with van der Waals surface area (Å²) in [6.45, 7) is 7.69. The number of aryl methyl sites for hydroxylation is 1. The minimum Gasteiger partial charge on any atom is -0.287 e. The van der Waals surface area contributed by atoms with Crippen LogP contribution < -0.4 is 5.56 Å². The Morgan fingerprint density at radius 3 is 2.85 bits per heavy atom. The van der Waals surface area contributed by atoms with Crippen LogP contribution in [0.25, 0.3) is 10.9 Å². The maximum absolute atomic E-state index is 13.0. The highest BCUT2D eigenvalue weighted by Gasteiger charge is 2.15. The summed E-state index contributed by atoms with van der Waals surface area (Å²) < 4.78 is 3.56. The van der Waals surface area contributed by atoms with Crippen LogP contribution in [-0.4, -0.2) is 29.8 Å². The number of hydrogen-bond donors (Lipinski definition) is 0. The molecule has 3 aromatic rings. The van der Waals surface area contributed by atoms with Crippen molar-refractivity contribution in [2.24, 2.45) is 5.92 Å². The van der Waals surface area contributed by atoms with Crippen molar-refractivity contribution in [3.63, 3.8) is 0 Å². The van der Waals surface area contributed by atoms with E-state index in [-0.39, 0.29) is 5.56 Å². The lowest BCUT2D eigenvalue weighted by Crippen LogP contribution is -2.25. The molecule has 0 bridgehead atoms. The molecule has 0 saturated carbocycles. The molecule has 0 N–H and O–H groups in total. The SMILES string of the molecule is CCCCn1nnnc1CSc1nc2cc(Cl)ccc2c(=O)n1CC(C)C. The van der Waals surface area contributed by atoms with Crippen molar-refractivity contribution in [3.05, 3.63) is 39.4 Å². The number of rotatable bonds is 8. The first-order valence-corrected chi connectivity index (χ1v) is 10.4. The van der Waals surface area contributed by atoms with Crippen molar-refractivity contribution in [3.8, 4) is 0 Å². The van der Waals surface area contributed by atoms with Gasteiger partial charge in [-0.1, -0.05) is 50.6 Å². The third kappa shape index (κ3) is 4.68. The van der Waals surface area contributed by atoms with Gasteiger partial charge < -0.3 is 0 Å². The lowest BCUT2D eigenvalue weighted by molar-refractivity contribution is 0.475. The van der Waals surface area contributed by atoms with Crippen molar-refractivity contribution in [1.29, 1.82) is 0 Å². The smallest absolute Gasteiger partial charge is 0.262 e. The van der Waals surface area contributed by atoms with E-state index < -0.39 is 0 Å². The summed E-state index contributed by atoms with van der Waals surface area (Å²) in [5.74, 6) is 1.65. The van der Waals surface area contributed by atoms with Crippen LogP contribution in [0.1, 0.15) is 39.4 Å². The second-order valence-corrected chi connectivity index (χ2v) is 8.20. The molecule has 0 saturated heterocycles. The van der Waals surface area contributed by atoms with Gasteiger partial charge in [0.05, 0.1) is 16.7 Å². The third-order valence-electron chi connectivity index (χ3n) is 4.09. The molecule has 0 aliphatic heterocycles. The number of nitrogens with zero attached hydrogens (tertiary/aromatic N) is 6. The maximum Gasteiger partial charge on any atom is 0.262 e. The average molecular weight is 407 g/mol. The Morgan fingerprint density at radius 1 is 1.30 bits per heavy atom. The van der Waals surface area contributed by atoms with Gasteiger partial charge in [0.2, 0.25) is 0 Å². The molecular formula is C18H23ClN6OS. The highest BCUT2D eigenvalue weighted by Crippen LogP contribution is 2.23. The molecular weight excluding hydrogens is 384 g/mol. The van der Waals surface area contributed by atoms with Crippen LogP contribution in [0.5, 0.6) is 0 Å². The molecule has 9 heteroatoms. The Kier molecular flexibility index (Phi) is 6.49. The molecule has 27 heavy (non-hydrogen) atoms. The Balaban J connectivity index is 1.94. The van der Waals surface area contributed by atoms with E-state index in [1.807, 2.05) is 4.68 Å². The number of aromatic nitrogens is 6. The van der Waals surface area contributed by atoms with Gasteiger partial charge in [0, 0.05) is 18.1 Å². The number of tetrazole rings is 1. The lowest BCUT2D eigenvalue weighted by Gasteiger charge is -2.15. The van der Waals surface area contributed by atoms with Gasteiger partial charge in [-0.3, -0.25) is 9.36 Å². The molecule has 0 aliphatic carbocycles. The van der Waals surface area contributed by atoms with Gasteiger partial charge in [0.1, 0.15) is 0 Å². The number of unbranched alkanes of at least 4 members (excludes halogenated alkanes) is 1. The molecule has 0 atom stereocenters.